The van der Waals surface area contributed by atoms with Gasteiger partial charge in [-0.25, -0.2) is 0 Å². The van der Waals surface area contributed by atoms with Gasteiger partial charge in [-0.15, -0.1) is 0 Å². The molecule has 0 rings (SSSR count). The van der Waals surface area contributed by atoms with Crippen LogP contribution < -0.4 is 0 Å². The minimum atomic E-state index is -0.768. The van der Waals surface area contributed by atoms with Crippen molar-refractivity contribution < 1.29 is 28.6 Å². The van der Waals surface area contributed by atoms with Crippen LogP contribution in [0.25, 0.3) is 0 Å². The Balaban J connectivity index is 3.97. The fraction of sp³-hybridized carbons (Fsp3) is 0.857. The Morgan fingerprint density at radius 3 is 0.812 bits per heavy atom. The fourth-order valence-corrected chi connectivity index (χ4v) is 9.00. The first kappa shape index (κ1) is 66.6. The van der Waals surface area contributed by atoms with Gasteiger partial charge in [0, 0.05) is 19.3 Å². The van der Waals surface area contributed by atoms with Crippen LogP contribution in [0.15, 0.2) is 36.5 Å². The van der Waals surface area contributed by atoms with Crippen molar-refractivity contribution in [1.82, 2.24) is 0 Å². The van der Waals surface area contributed by atoms with E-state index in [2.05, 4.69) is 57.2 Å². The highest BCUT2D eigenvalue weighted by Gasteiger charge is 2.19. The van der Waals surface area contributed by atoms with E-state index in [1.807, 2.05) is 0 Å². The molecular formula is C63H116O6. The third-order valence-corrected chi connectivity index (χ3v) is 13.6. The molecule has 0 saturated carbocycles. The first-order valence-electron chi connectivity index (χ1n) is 30.5. The first-order valence-corrected chi connectivity index (χ1v) is 30.5. The van der Waals surface area contributed by atoms with Crippen molar-refractivity contribution in [3.8, 4) is 0 Å². The van der Waals surface area contributed by atoms with Crippen LogP contribution in [0.5, 0.6) is 0 Å². The molecule has 0 aliphatic heterocycles. The Labute approximate surface area is 429 Å². The van der Waals surface area contributed by atoms with Crippen LogP contribution in [0.2, 0.25) is 0 Å². The number of hydrogen-bond acceptors (Lipinski definition) is 6. The zero-order valence-corrected chi connectivity index (χ0v) is 46.3. The SMILES string of the molecule is CCCCCCC/C=C\C/C=C\CCCCCCCCCCCCCCCCCCCC(=O)OCC(COC(=O)CCCCCCC)OC(=O)CCCCCCCCC/C=C\CCCCCCCC. The highest BCUT2D eigenvalue weighted by molar-refractivity contribution is 5.71. The molecule has 0 aliphatic rings. The maximum Gasteiger partial charge on any atom is 0.306 e. The van der Waals surface area contributed by atoms with Crippen molar-refractivity contribution >= 4 is 17.9 Å². The topological polar surface area (TPSA) is 78.9 Å². The average molecular weight is 970 g/mol. The smallest absolute Gasteiger partial charge is 0.306 e. The summed E-state index contributed by atoms with van der Waals surface area (Å²) in [7, 11) is 0. The van der Waals surface area contributed by atoms with E-state index in [1.165, 1.54) is 218 Å². The molecule has 0 aromatic rings. The summed E-state index contributed by atoms with van der Waals surface area (Å²) >= 11 is 0. The van der Waals surface area contributed by atoms with Gasteiger partial charge in [0.2, 0.25) is 0 Å². The summed E-state index contributed by atoms with van der Waals surface area (Å²) < 4.78 is 16.7. The number of carbonyl (C=O) groups is 3. The molecule has 1 unspecified atom stereocenters. The normalized spacial score (nSPS) is 12.2. The van der Waals surface area contributed by atoms with Crippen LogP contribution in [-0.4, -0.2) is 37.2 Å². The average Bonchev–Trinajstić information content (AvgIpc) is 3.35. The van der Waals surface area contributed by atoms with E-state index in [0.29, 0.717) is 19.3 Å². The van der Waals surface area contributed by atoms with E-state index in [0.717, 1.165) is 70.6 Å². The molecule has 0 saturated heterocycles. The molecule has 1 atom stereocenters. The molecule has 0 amide bonds. The van der Waals surface area contributed by atoms with Gasteiger partial charge in [-0.3, -0.25) is 14.4 Å². The number of ether oxygens (including phenoxy) is 3. The van der Waals surface area contributed by atoms with E-state index >= 15 is 0 Å². The second kappa shape index (κ2) is 58.2. The number of allylic oxidation sites excluding steroid dienone is 6. The van der Waals surface area contributed by atoms with Crippen molar-refractivity contribution in [2.75, 3.05) is 13.2 Å². The molecule has 0 bridgehead atoms. The lowest BCUT2D eigenvalue weighted by Crippen LogP contribution is -2.30. The second-order valence-electron chi connectivity index (χ2n) is 20.6. The van der Waals surface area contributed by atoms with Crippen LogP contribution >= 0.6 is 0 Å². The Morgan fingerprint density at radius 2 is 0.522 bits per heavy atom. The van der Waals surface area contributed by atoms with E-state index < -0.39 is 6.10 Å². The Hall–Kier alpha value is -2.37. The molecule has 6 nitrogen and oxygen atoms in total. The molecule has 0 aliphatic carbocycles. The summed E-state index contributed by atoms with van der Waals surface area (Å²) in [4.78, 5) is 37.8. The summed E-state index contributed by atoms with van der Waals surface area (Å²) in [6, 6.07) is 0. The number of rotatable bonds is 56. The number of hydrogen-bond donors (Lipinski definition) is 0. The predicted molar refractivity (Wildman–Crippen MR) is 298 cm³/mol. The standard InChI is InChI=1S/C63H116O6/c1-4-7-10-13-15-17-19-21-23-25-26-27-28-29-30-31-32-33-34-35-36-38-39-41-43-45-47-50-53-56-62(65)68-59-60(58-67-61(64)55-52-49-12-9-6-3)69-63(66)57-54-51-48-46-44-42-40-37-24-22-20-18-16-14-11-8-5-2/h19,21-22,24-26,60H,4-18,20,23,27-59H2,1-3H3/b21-19-,24-22-,26-25-. The van der Waals surface area contributed by atoms with Gasteiger partial charge in [-0.1, -0.05) is 269 Å². The van der Waals surface area contributed by atoms with E-state index in [9.17, 15) is 14.4 Å². The summed E-state index contributed by atoms with van der Waals surface area (Å²) in [5.74, 6) is -0.873. The highest BCUT2D eigenvalue weighted by Crippen LogP contribution is 2.17. The van der Waals surface area contributed by atoms with Crippen molar-refractivity contribution in [2.24, 2.45) is 0 Å². The van der Waals surface area contributed by atoms with Gasteiger partial charge >= 0.3 is 17.9 Å². The minimum absolute atomic E-state index is 0.0705. The summed E-state index contributed by atoms with van der Waals surface area (Å²) in [6.07, 6.45) is 70.6. The Bertz CT molecular complexity index is 1160. The third kappa shape index (κ3) is 56.4. The Morgan fingerprint density at radius 1 is 0.290 bits per heavy atom. The molecule has 0 heterocycles. The van der Waals surface area contributed by atoms with Gasteiger partial charge < -0.3 is 14.2 Å². The van der Waals surface area contributed by atoms with Crippen LogP contribution in [0.1, 0.15) is 329 Å². The van der Waals surface area contributed by atoms with Crippen molar-refractivity contribution in [2.45, 2.75) is 335 Å². The molecular weight excluding hydrogens is 853 g/mol. The van der Waals surface area contributed by atoms with E-state index in [-0.39, 0.29) is 31.1 Å². The molecule has 0 radical (unpaired) electrons. The fourth-order valence-electron chi connectivity index (χ4n) is 9.00. The zero-order chi connectivity index (χ0) is 50.0. The Kier molecular flexibility index (Phi) is 56.2. The van der Waals surface area contributed by atoms with Gasteiger partial charge in [0.05, 0.1) is 0 Å². The highest BCUT2D eigenvalue weighted by atomic mass is 16.6. The quantitative estimate of drug-likeness (QED) is 0.0261. The zero-order valence-electron chi connectivity index (χ0n) is 46.3. The molecule has 0 aromatic heterocycles. The number of unbranched alkanes of at least 4 members (excludes halogenated alkanes) is 39. The molecule has 0 spiro atoms. The lowest BCUT2D eigenvalue weighted by Gasteiger charge is -2.18. The van der Waals surface area contributed by atoms with Gasteiger partial charge in [0.1, 0.15) is 13.2 Å². The molecule has 404 valence electrons. The van der Waals surface area contributed by atoms with Crippen molar-refractivity contribution in [1.29, 1.82) is 0 Å². The van der Waals surface area contributed by atoms with Crippen LogP contribution in [0, 0.1) is 0 Å². The third-order valence-electron chi connectivity index (χ3n) is 13.6. The molecule has 6 heteroatoms. The molecule has 0 fully saturated rings. The second-order valence-corrected chi connectivity index (χ2v) is 20.6. The molecule has 0 N–H and O–H groups in total. The van der Waals surface area contributed by atoms with Crippen molar-refractivity contribution in [3.05, 3.63) is 36.5 Å². The minimum Gasteiger partial charge on any atom is -0.462 e. The van der Waals surface area contributed by atoms with Crippen molar-refractivity contribution in [3.63, 3.8) is 0 Å². The van der Waals surface area contributed by atoms with E-state index in [1.54, 1.807) is 0 Å². The lowest BCUT2D eigenvalue weighted by atomic mass is 10.0. The van der Waals surface area contributed by atoms with Crippen LogP contribution in [0.4, 0.5) is 0 Å². The van der Waals surface area contributed by atoms with E-state index in [4.69, 9.17) is 14.2 Å². The molecule has 0 aromatic carbocycles. The monoisotopic (exact) mass is 969 g/mol. The number of esters is 3. The molecule has 69 heavy (non-hydrogen) atoms. The number of carbonyl (C=O) groups excluding carboxylic acids is 3. The first-order chi connectivity index (χ1) is 34.0. The van der Waals surface area contributed by atoms with Gasteiger partial charge in [0.25, 0.3) is 0 Å². The maximum absolute atomic E-state index is 12.8. The summed E-state index contributed by atoms with van der Waals surface area (Å²) in [6.45, 7) is 6.58. The summed E-state index contributed by atoms with van der Waals surface area (Å²) in [5, 5.41) is 0. The predicted octanol–water partition coefficient (Wildman–Crippen LogP) is 20.4. The van der Waals surface area contributed by atoms with Crippen LogP contribution in [0.3, 0.4) is 0 Å². The largest absolute Gasteiger partial charge is 0.462 e. The maximum atomic E-state index is 12.8. The lowest BCUT2D eigenvalue weighted by molar-refractivity contribution is -0.167. The van der Waals surface area contributed by atoms with Crippen LogP contribution in [-0.2, 0) is 28.6 Å². The van der Waals surface area contributed by atoms with Gasteiger partial charge in [-0.05, 0) is 77.0 Å². The summed E-state index contributed by atoms with van der Waals surface area (Å²) in [5.41, 5.74) is 0. The van der Waals surface area contributed by atoms with Gasteiger partial charge in [-0.2, -0.15) is 0 Å². The van der Waals surface area contributed by atoms with Gasteiger partial charge in [0.15, 0.2) is 6.10 Å².